The number of nitrogens with zero attached hydrogens (tertiary/aromatic N) is 1. The predicted octanol–water partition coefficient (Wildman–Crippen LogP) is 2.16. The van der Waals surface area contributed by atoms with E-state index in [4.69, 9.17) is 5.26 Å². The first-order chi connectivity index (χ1) is 3.33. The summed E-state index contributed by atoms with van der Waals surface area (Å²) in [6.07, 6.45) is 4.12. The van der Waals surface area contributed by atoms with E-state index in [0.29, 0.717) is 0 Å². The maximum Gasteiger partial charge on any atom is 0.0587 e. The van der Waals surface area contributed by atoms with Crippen LogP contribution < -0.4 is 0 Å². The van der Waals surface area contributed by atoms with Crippen LogP contribution in [-0.4, -0.2) is 12.5 Å². The summed E-state index contributed by atoms with van der Waals surface area (Å²) < 4.78 is 0. The van der Waals surface area contributed by atoms with Gasteiger partial charge in [0.1, 0.15) is 0 Å². The minimum absolute atomic E-state index is 1.43. The van der Waals surface area contributed by atoms with Gasteiger partial charge in [-0.3, -0.25) is 0 Å². The quantitative estimate of drug-likeness (QED) is 0.515. The molecule has 0 saturated carbocycles. The average Bonchev–Trinajstić information content (AvgIpc) is 1.69. The SMILES string of the molecule is CC#N.CSSC. The summed E-state index contributed by atoms with van der Waals surface area (Å²) in [5.41, 5.74) is 0. The van der Waals surface area contributed by atoms with E-state index in [2.05, 4.69) is 12.5 Å². The molecule has 7 heavy (non-hydrogen) atoms. The lowest BCUT2D eigenvalue weighted by Crippen LogP contribution is -1.28. The number of hydrogen-bond donors (Lipinski definition) is 0. The number of hydrogen-bond acceptors (Lipinski definition) is 3. The Kier molecular flexibility index (Phi) is 23.9. The van der Waals surface area contributed by atoms with Crippen molar-refractivity contribution in [1.29, 1.82) is 5.26 Å². The molecule has 0 bridgehead atoms. The van der Waals surface area contributed by atoms with Gasteiger partial charge in [-0.2, -0.15) is 5.26 Å². The second-order valence-electron chi connectivity index (χ2n) is 0.557. The highest BCUT2D eigenvalue weighted by molar-refractivity contribution is 8.76. The van der Waals surface area contributed by atoms with Crippen LogP contribution in [0.5, 0.6) is 0 Å². The van der Waals surface area contributed by atoms with Gasteiger partial charge < -0.3 is 0 Å². The molecule has 0 heterocycles. The first-order valence-electron chi connectivity index (χ1n) is 1.71. The van der Waals surface area contributed by atoms with E-state index >= 15 is 0 Å². The van der Waals surface area contributed by atoms with Crippen molar-refractivity contribution in [2.24, 2.45) is 0 Å². The summed E-state index contributed by atoms with van der Waals surface area (Å²) in [6.45, 7) is 1.43. The third-order valence-corrected chi connectivity index (χ3v) is 1.50. The molecule has 3 heteroatoms. The lowest BCUT2D eigenvalue weighted by atomic mass is 11.0. The smallest absolute Gasteiger partial charge is 0.0587 e. The minimum atomic E-state index is 1.43. The van der Waals surface area contributed by atoms with Gasteiger partial charge in [-0.25, -0.2) is 0 Å². The summed E-state index contributed by atoms with van der Waals surface area (Å²) in [5, 5.41) is 7.32. The molecule has 1 nitrogen and oxygen atoms in total. The van der Waals surface area contributed by atoms with E-state index in [9.17, 15) is 0 Å². The van der Waals surface area contributed by atoms with Gasteiger partial charge in [0.15, 0.2) is 0 Å². The third-order valence-electron chi connectivity index (χ3n) is 0.167. The molecular weight excluding hydrogens is 126 g/mol. The number of rotatable bonds is 1. The molecule has 0 atom stereocenters. The fraction of sp³-hybridized carbons (Fsp3) is 0.750. The Morgan fingerprint density at radius 2 is 1.43 bits per heavy atom. The van der Waals surface area contributed by atoms with Crippen LogP contribution >= 0.6 is 21.6 Å². The van der Waals surface area contributed by atoms with Gasteiger partial charge in [-0.1, -0.05) is 21.6 Å². The molecule has 0 fully saturated rings. The molecule has 0 aromatic heterocycles. The third kappa shape index (κ3) is 76.7. The first-order valence-corrected chi connectivity index (χ1v) is 4.67. The lowest BCUT2D eigenvalue weighted by Gasteiger charge is -1.69. The van der Waals surface area contributed by atoms with E-state index in [0.717, 1.165) is 0 Å². The maximum absolute atomic E-state index is 7.32. The molecule has 0 saturated heterocycles. The summed E-state index contributed by atoms with van der Waals surface area (Å²) in [6, 6.07) is 1.75. The molecule has 42 valence electrons. The van der Waals surface area contributed by atoms with Crippen LogP contribution in [0.4, 0.5) is 0 Å². The normalized spacial score (nSPS) is 5.43. The van der Waals surface area contributed by atoms with Crippen molar-refractivity contribution < 1.29 is 0 Å². The Hall–Kier alpha value is 0.190. The van der Waals surface area contributed by atoms with E-state index in [-0.39, 0.29) is 0 Å². The van der Waals surface area contributed by atoms with Crippen LogP contribution in [0.3, 0.4) is 0 Å². The summed E-state index contributed by atoms with van der Waals surface area (Å²) >= 11 is 0. The molecule has 0 aromatic rings. The monoisotopic (exact) mass is 135 g/mol. The maximum atomic E-state index is 7.32. The van der Waals surface area contributed by atoms with Crippen LogP contribution in [-0.2, 0) is 0 Å². The first kappa shape index (κ1) is 10.2. The van der Waals surface area contributed by atoms with Crippen molar-refractivity contribution in [3.05, 3.63) is 0 Å². The molecule has 0 aliphatic rings. The Balaban J connectivity index is 0. The van der Waals surface area contributed by atoms with Crippen molar-refractivity contribution >= 4 is 21.6 Å². The van der Waals surface area contributed by atoms with Crippen LogP contribution in [0.15, 0.2) is 0 Å². The largest absolute Gasteiger partial charge is 0.199 e. The highest BCUT2D eigenvalue weighted by Gasteiger charge is 1.55. The van der Waals surface area contributed by atoms with Gasteiger partial charge in [0, 0.05) is 6.92 Å². The molecule has 0 aliphatic heterocycles. The summed E-state index contributed by atoms with van der Waals surface area (Å²) in [4.78, 5) is 0. The van der Waals surface area contributed by atoms with Crippen molar-refractivity contribution in [3.63, 3.8) is 0 Å². The zero-order valence-electron chi connectivity index (χ0n) is 4.76. The van der Waals surface area contributed by atoms with Gasteiger partial charge in [-0.05, 0) is 12.5 Å². The highest BCUT2D eigenvalue weighted by atomic mass is 33.1. The summed E-state index contributed by atoms with van der Waals surface area (Å²) in [5.74, 6) is 0. The highest BCUT2D eigenvalue weighted by Crippen LogP contribution is 2.09. The van der Waals surface area contributed by atoms with Gasteiger partial charge in [0.05, 0.1) is 6.07 Å². The molecule has 0 unspecified atom stereocenters. The van der Waals surface area contributed by atoms with E-state index in [1.807, 2.05) is 0 Å². The Bertz CT molecular complexity index is 46.1. The summed E-state index contributed by atoms with van der Waals surface area (Å²) in [7, 11) is 3.55. The average molecular weight is 135 g/mol. The van der Waals surface area contributed by atoms with Crippen molar-refractivity contribution in [2.75, 3.05) is 12.5 Å². The second-order valence-corrected chi connectivity index (χ2v) is 3.22. The fourth-order valence-electron chi connectivity index (χ4n) is 0. The Labute approximate surface area is 52.9 Å². The number of nitriles is 1. The topological polar surface area (TPSA) is 23.8 Å². The van der Waals surface area contributed by atoms with E-state index in [1.54, 1.807) is 27.7 Å². The Morgan fingerprint density at radius 1 is 1.29 bits per heavy atom. The van der Waals surface area contributed by atoms with Crippen molar-refractivity contribution in [1.82, 2.24) is 0 Å². The van der Waals surface area contributed by atoms with Crippen LogP contribution in [0, 0.1) is 11.3 Å². The van der Waals surface area contributed by atoms with Crippen LogP contribution in [0.1, 0.15) is 6.92 Å². The van der Waals surface area contributed by atoms with Gasteiger partial charge in [0.25, 0.3) is 0 Å². The zero-order valence-corrected chi connectivity index (χ0v) is 6.40. The molecule has 0 aliphatic carbocycles. The van der Waals surface area contributed by atoms with Crippen molar-refractivity contribution in [3.8, 4) is 6.07 Å². The lowest BCUT2D eigenvalue weighted by molar-refractivity contribution is 1.49. The molecular formula is C4H9NS2. The van der Waals surface area contributed by atoms with Crippen molar-refractivity contribution in [2.45, 2.75) is 6.92 Å². The molecule has 0 aromatic carbocycles. The van der Waals surface area contributed by atoms with Gasteiger partial charge in [-0.15, -0.1) is 0 Å². The molecule has 0 amide bonds. The standard InChI is InChI=1S/C2H3N.C2H6S2/c1-2-3;1-3-4-2/h1H3;1-2H3. The molecule has 0 spiro atoms. The zero-order chi connectivity index (χ0) is 6.12. The van der Waals surface area contributed by atoms with Gasteiger partial charge >= 0.3 is 0 Å². The molecule has 0 radical (unpaired) electrons. The van der Waals surface area contributed by atoms with E-state index in [1.165, 1.54) is 6.92 Å². The van der Waals surface area contributed by atoms with Crippen LogP contribution in [0.2, 0.25) is 0 Å². The van der Waals surface area contributed by atoms with Crippen LogP contribution in [0.25, 0.3) is 0 Å². The van der Waals surface area contributed by atoms with Gasteiger partial charge in [0.2, 0.25) is 0 Å². The fourth-order valence-corrected chi connectivity index (χ4v) is 0. The molecule has 0 rings (SSSR count). The Morgan fingerprint density at radius 3 is 1.43 bits per heavy atom. The molecule has 0 N–H and O–H groups in total. The predicted molar refractivity (Wildman–Crippen MR) is 38.3 cm³/mol. The van der Waals surface area contributed by atoms with E-state index < -0.39 is 0 Å². The second kappa shape index (κ2) is 16.4. The minimum Gasteiger partial charge on any atom is -0.199 e.